The summed E-state index contributed by atoms with van der Waals surface area (Å²) in [5.74, 6) is 3.38. The lowest BCUT2D eigenvalue weighted by Crippen LogP contribution is -2.26. The fourth-order valence-corrected chi connectivity index (χ4v) is 3.77. The lowest BCUT2D eigenvalue weighted by Gasteiger charge is -2.26. The quantitative estimate of drug-likeness (QED) is 0.822. The molecule has 2 aromatic carbocycles. The number of hydrogen-bond acceptors (Lipinski definition) is 5. The van der Waals surface area contributed by atoms with Gasteiger partial charge in [0.15, 0.2) is 23.0 Å². The Balaban J connectivity index is 1.52. The van der Waals surface area contributed by atoms with Crippen LogP contribution in [0.3, 0.4) is 0 Å². The van der Waals surface area contributed by atoms with Crippen molar-refractivity contribution < 1.29 is 18.9 Å². The number of nitrogens with one attached hydrogen (secondary N) is 1. The molecule has 0 fully saturated rings. The molecule has 0 saturated heterocycles. The predicted octanol–water partition coefficient (Wildman–Crippen LogP) is 4.37. The second-order valence-corrected chi connectivity index (χ2v) is 7.51. The normalized spacial score (nSPS) is 16.3. The zero-order valence-electron chi connectivity index (χ0n) is 15.6. The Labute approximate surface area is 164 Å². The van der Waals surface area contributed by atoms with E-state index in [0.717, 1.165) is 17.1 Å². The number of hydrogen-bond donors (Lipinski definition) is 1. The summed E-state index contributed by atoms with van der Waals surface area (Å²) in [5.41, 5.74) is 2.24. The van der Waals surface area contributed by atoms with Crippen molar-refractivity contribution in [1.29, 1.82) is 0 Å². The van der Waals surface area contributed by atoms with Gasteiger partial charge in [0.1, 0.15) is 26.4 Å². The molecule has 1 atom stereocenters. The summed E-state index contributed by atoms with van der Waals surface area (Å²) in [4.78, 5) is 0. The van der Waals surface area contributed by atoms with Crippen LogP contribution in [0.2, 0.25) is 5.02 Å². The van der Waals surface area contributed by atoms with Crippen LogP contribution in [-0.4, -0.2) is 26.4 Å². The molecule has 1 unspecified atom stereocenters. The Bertz CT molecular complexity index is 824. The monoisotopic (exact) mass is 389 g/mol. The second-order valence-electron chi connectivity index (χ2n) is 7.11. The molecule has 4 rings (SSSR count). The summed E-state index contributed by atoms with van der Waals surface area (Å²) in [5, 5.41) is 4.23. The number of rotatable bonds is 5. The molecule has 2 heterocycles. The number of halogens is 1. The molecule has 2 aliphatic heterocycles. The first-order valence-corrected chi connectivity index (χ1v) is 9.70. The highest BCUT2D eigenvalue weighted by Gasteiger charge is 2.21. The van der Waals surface area contributed by atoms with Gasteiger partial charge in [-0.2, -0.15) is 0 Å². The third kappa shape index (κ3) is 3.94. The summed E-state index contributed by atoms with van der Waals surface area (Å²) < 4.78 is 22.6. The third-order valence-corrected chi connectivity index (χ3v) is 5.06. The van der Waals surface area contributed by atoms with Crippen LogP contribution >= 0.6 is 11.6 Å². The van der Waals surface area contributed by atoms with Gasteiger partial charge < -0.3 is 24.3 Å². The van der Waals surface area contributed by atoms with Gasteiger partial charge in [0, 0.05) is 12.6 Å². The van der Waals surface area contributed by atoms with Crippen LogP contribution in [0.25, 0.3) is 0 Å². The fraction of sp³-hybridized carbons (Fsp3) is 0.429. The maximum atomic E-state index is 6.36. The van der Waals surface area contributed by atoms with Crippen LogP contribution in [0.5, 0.6) is 23.0 Å². The summed E-state index contributed by atoms with van der Waals surface area (Å²) in [6.07, 6.45) is 0. The number of ether oxygens (including phenoxy) is 4. The van der Waals surface area contributed by atoms with Gasteiger partial charge in [0.25, 0.3) is 0 Å². The zero-order valence-corrected chi connectivity index (χ0v) is 16.3. The Kier molecular flexibility index (Phi) is 5.32. The van der Waals surface area contributed by atoms with E-state index in [9.17, 15) is 0 Å². The summed E-state index contributed by atoms with van der Waals surface area (Å²) in [7, 11) is 0. The molecule has 1 N–H and O–H groups in total. The molecule has 0 amide bonds. The van der Waals surface area contributed by atoms with E-state index >= 15 is 0 Å². The van der Waals surface area contributed by atoms with E-state index in [1.165, 1.54) is 5.56 Å². The van der Waals surface area contributed by atoms with E-state index in [0.29, 0.717) is 55.4 Å². The summed E-state index contributed by atoms with van der Waals surface area (Å²) in [6, 6.07) is 10.3. The molecule has 144 valence electrons. The molecule has 0 bridgehead atoms. The van der Waals surface area contributed by atoms with Gasteiger partial charge in [-0.3, -0.25) is 0 Å². The molecule has 2 aliphatic rings. The minimum Gasteiger partial charge on any atom is -0.486 e. The van der Waals surface area contributed by atoms with Crippen molar-refractivity contribution in [3.05, 3.63) is 46.5 Å². The number of fused-ring (bicyclic) bond motifs is 2. The molecule has 2 aromatic rings. The topological polar surface area (TPSA) is 49.0 Å². The van der Waals surface area contributed by atoms with Crippen molar-refractivity contribution in [2.75, 3.05) is 26.4 Å². The predicted molar refractivity (Wildman–Crippen MR) is 104 cm³/mol. The minimum absolute atomic E-state index is 0.174. The SMILES string of the molecule is CC(C)C(NCc1cc(Cl)c2c(c1)OCCO2)c1ccc2c(c1)OCCO2. The molecule has 27 heavy (non-hydrogen) atoms. The average Bonchev–Trinajstić information content (AvgIpc) is 2.68. The van der Waals surface area contributed by atoms with Gasteiger partial charge in [-0.25, -0.2) is 0 Å². The van der Waals surface area contributed by atoms with Crippen molar-refractivity contribution in [3.8, 4) is 23.0 Å². The maximum absolute atomic E-state index is 6.36. The molecular weight excluding hydrogens is 366 g/mol. The Hall–Kier alpha value is -2.11. The van der Waals surface area contributed by atoms with E-state index in [4.69, 9.17) is 30.5 Å². The van der Waals surface area contributed by atoms with Crippen molar-refractivity contribution in [3.63, 3.8) is 0 Å². The van der Waals surface area contributed by atoms with E-state index < -0.39 is 0 Å². The fourth-order valence-electron chi connectivity index (χ4n) is 3.49. The van der Waals surface area contributed by atoms with Crippen LogP contribution in [0.1, 0.15) is 31.0 Å². The molecule has 5 nitrogen and oxygen atoms in total. The molecule has 6 heteroatoms. The smallest absolute Gasteiger partial charge is 0.179 e. The Morgan fingerprint density at radius 1 is 0.889 bits per heavy atom. The van der Waals surface area contributed by atoms with Gasteiger partial charge in [0.05, 0.1) is 5.02 Å². The Morgan fingerprint density at radius 3 is 2.37 bits per heavy atom. The highest BCUT2D eigenvalue weighted by Crippen LogP contribution is 2.39. The van der Waals surface area contributed by atoms with E-state index in [2.05, 4.69) is 31.3 Å². The highest BCUT2D eigenvalue weighted by molar-refractivity contribution is 6.32. The van der Waals surface area contributed by atoms with Gasteiger partial charge in [-0.1, -0.05) is 31.5 Å². The van der Waals surface area contributed by atoms with Gasteiger partial charge in [-0.05, 0) is 41.3 Å². The second kappa shape index (κ2) is 7.87. The average molecular weight is 390 g/mol. The van der Waals surface area contributed by atoms with Crippen LogP contribution < -0.4 is 24.3 Å². The van der Waals surface area contributed by atoms with E-state index in [-0.39, 0.29) is 6.04 Å². The molecule has 0 spiro atoms. The largest absolute Gasteiger partial charge is 0.486 e. The van der Waals surface area contributed by atoms with Gasteiger partial charge >= 0.3 is 0 Å². The van der Waals surface area contributed by atoms with Crippen LogP contribution in [-0.2, 0) is 6.54 Å². The lowest BCUT2D eigenvalue weighted by molar-refractivity contribution is 0.171. The first-order valence-electron chi connectivity index (χ1n) is 9.33. The summed E-state index contributed by atoms with van der Waals surface area (Å²) >= 11 is 6.36. The van der Waals surface area contributed by atoms with E-state index in [1.54, 1.807) is 0 Å². The van der Waals surface area contributed by atoms with Crippen molar-refractivity contribution in [2.24, 2.45) is 5.92 Å². The molecule has 0 aromatic heterocycles. The first kappa shape index (κ1) is 18.3. The minimum atomic E-state index is 0.174. The van der Waals surface area contributed by atoms with Crippen molar-refractivity contribution in [2.45, 2.75) is 26.4 Å². The van der Waals surface area contributed by atoms with Crippen molar-refractivity contribution in [1.82, 2.24) is 5.32 Å². The van der Waals surface area contributed by atoms with Crippen LogP contribution in [0, 0.1) is 5.92 Å². The first-order chi connectivity index (χ1) is 13.1. The zero-order chi connectivity index (χ0) is 18.8. The van der Waals surface area contributed by atoms with Crippen LogP contribution in [0.4, 0.5) is 0 Å². The Morgan fingerprint density at radius 2 is 1.59 bits per heavy atom. The summed E-state index contributed by atoms with van der Waals surface area (Å²) in [6.45, 7) is 7.34. The standard InChI is InChI=1S/C21H24ClNO4/c1-13(2)20(15-3-4-17-18(11-15)25-6-5-24-17)23-12-14-9-16(22)21-19(10-14)26-7-8-27-21/h3-4,9-11,13,20,23H,5-8,12H2,1-2H3. The molecule has 0 radical (unpaired) electrons. The third-order valence-electron chi connectivity index (χ3n) is 4.77. The number of benzene rings is 2. The molecule has 0 aliphatic carbocycles. The van der Waals surface area contributed by atoms with Crippen LogP contribution in [0.15, 0.2) is 30.3 Å². The van der Waals surface area contributed by atoms with Gasteiger partial charge in [-0.15, -0.1) is 0 Å². The lowest BCUT2D eigenvalue weighted by atomic mass is 9.95. The van der Waals surface area contributed by atoms with Crippen molar-refractivity contribution >= 4 is 11.6 Å². The molecule has 0 saturated carbocycles. The molecular formula is C21H24ClNO4. The van der Waals surface area contributed by atoms with E-state index in [1.807, 2.05) is 18.2 Å². The highest BCUT2D eigenvalue weighted by atomic mass is 35.5. The van der Waals surface area contributed by atoms with Gasteiger partial charge in [0.2, 0.25) is 0 Å². The maximum Gasteiger partial charge on any atom is 0.179 e.